The lowest BCUT2D eigenvalue weighted by Gasteiger charge is -2.33. The highest BCUT2D eigenvalue weighted by molar-refractivity contribution is 5.87. The summed E-state index contributed by atoms with van der Waals surface area (Å²) in [6.07, 6.45) is -14.7. The van der Waals surface area contributed by atoms with E-state index in [4.69, 9.17) is 28.4 Å². The summed E-state index contributed by atoms with van der Waals surface area (Å²) in [5, 5.41) is 23.0. The van der Waals surface area contributed by atoms with Crippen LogP contribution < -0.4 is 18.9 Å². The van der Waals surface area contributed by atoms with E-state index in [1.165, 1.54) is 109 Å². The van der Waals surface area contributed by atoms with Crippen molar-refractivity contribution in [2.45, 2.75) is 63.1 Å². The molecule has 0 heterocycles. The monoisotopic (exact) mass is 1140 g/mol. The first-order valence-corrected chi connectivity index (χ1v) is 24.3. The maximum atomic E-state index is 15.2. The molecule has 6 aromatic rings. The van der Waals surface area contributed by atoms with Crippen LogP contribution in [0.3, 0.4) is 0 Å². The second-order valence-electron chi connectivity index (χ2n) is 18.1. The number of non-ortho nitro benzene ring substituents is 2. The maximum Gasteiger partial charge on any atom is 0.426 e. The molecule has 0 aliphatic heterocycles. The van der Waals surface area contributed by atoms with Gasteiger partial charge in [-0.1, -0.05) is 48.5 Å². The van der Waals surface area contributed by atoms with Crippen LogP contribution in [0, 0.1) is 25.6 Å². The first-order chi connectivity index (χ1) is 38.2. The quantitative estimate of drug-likeness (QED) is 0.0114. The van der Waals surface area contributed by atoms with Crippen molar-refractivity contribution < 1.29 is 91.8 Å². The predicted molar refractivity (Wildman–Crippen MR) is 272 cm³/mol. The maximum absolute atomic E-state index is 15.2. The van der Waals surface area contributed by atoms with E-state index in [1.54, 1.807) is 0 Å². The summed E-state index contributed by atoms with van der Waals surface area (Å²) in [6, 6.07) is 29.5. The van der Waals surface area contributed by atoms with Crippen LogP contribution in [0.5, 0.6) is 23.0 Å². The minimum absolute atomic E-state index is 0.0714. The van der Waals surface area contributed by atoms with Gasteiger partial charge in [0.05, 0.1) is 34.2 Å². The fraction of sp³-hybridized carbons (Fsp3) is 0.263. The highest BCUT2D eigenvalue weighted by Crippen LogP contribution is 2.36. The molecule has 428 valence electrons. The van der Waals surface area contributed by atoms with Crippen LogP contribution >= 0.6 is 0 Å². The van der Waals surface area contributed by atoms with Crippen LogP contribution in [0.25, 0.3) is 12.2 Å². The number of alkyl halides is 10. The number of carbonyl (C=O) groups is 2. The first kappa shape index (κ1) is 61.3. The molecule has 81 heavy (non-hydrogen) atoms. The number of carbonyl (C=O) groups excluding carboxylic acids is 2. The molecule has 0 bridgehead atoms. The van der Waals surface area contributed by atoms with E-state index in [1.807, 2.05) is 0 Å². The molecule has 0 fully saturated rings. The minimum atomic E-state index is -4.35. The highest BCUT2D eigenvalue weighted by atomic mass is 19.4. The van der Waals surface area contributed by atoms with Crippen molar-refractivity contribution in [1.82, 2.24) is 0 Å². The van der Waals surface area contributed by atoms with Gasteiger partial charge in [0.1, 0.15) is 36.2 Å². The van der Waals surface area contributed by atoms with E-state index in [9.17, 15) is 56.2 Å². The van der Waals surface area contributed by atoms with Gasteiger partial charge in [-0.3, -0.25) is 20.2 Å². The third-order valence-corrected chi connectivity index (χ3v) is 11.7. The third kappa shape index (κ3) is 20.3. The van der Waals surface area contributed by atoms with Crippen LogP contribution in [-0.4, -0.2) is 60.6 Å². The molecule has 14 nitrogen and oxygen atoms in total. The molecule has 6 rings (SSSR count). The van der Waals surface area contributed by atoms with E-state index in [2.05, 4.69) is 0 Å². The van der Waals surface area contributed by atoms with Gasteiger partial charge in [0.25, 0.3) is 11.4 Å². The molecule has 0 aliphatic carbocycles. The number of benzene rings is 6. The summed E-state index contributed by atoms with van der Waals surface area (Å²) < 4.78 is 167. The smallest absolute Gasteiger partial charge is 0.426 e. The molecule has 6 aromatic carbocycles. The van der Waals surface area contributed by atoms with Gasteiger partial charge in [-0.2, -0.15) is 43.9 Å². The summed E-state index contributed by atoms with van der Waals surface area (Å²) in [6.45, 7) is -1.50. The van der Waals surface area contributed by atoms with Crippen LogP contribution in [0.4, 0.5) is 55.3 Å². The lowest BCUT2D eigenvalue weighted by atomic mass is 9.77. The van der Waals surface area contributed by atoms with E-state index in [0.29, 0.717) is 11.1 Å². The number of rotatable bonds is 28. The van der Waals surface area contributed by atoms with Crippen molar-refractivity contribution in [2.24, 2.45) is 5.41 Å². The lowest BCUT2D eigenvalue weighted by Crippen LogP contribution is -2.38. The average molecular weight is 1140 g/mol. The Hall–Kier alpha value is -8.96. The van der Waals surface area contributed by atoms with Crippen molar-refractivity contribution in [3.8, 4) is 23.0 Å². The Balaban J connectivity index is 1.13. The van der Waals surface area contributed by atoms with Gasteiger partial charge in [0.15, 0.2) is 0 Å². The largest absolute Gasteiger partial charge is 0.494 e. The third-order valence-electron chi connectivity index (χ3n) is 11.7. The molecular weight excluding hydrogens is 1090 g/mol. The molecule has 0 saturated heterocycles. The second kappa shape index (κ2) is 27.3. The van der Waals surface area contributed by atoms with Crippen LogP contribution in [0.2, 0.25) is 0 Å². The number of hydrogen-bond acceptors (Lipinski definition) is 12. The summed E-state index contributed by atoms with van der Waals surface area (Å²) in [7, 11) is 0. The summed E-state index contributed by atoms with van der Waals surface area (Å²) in [5.41, 5.74) is -1.61. The van der Waals surface area contributed by atoms with E-state index < -0.39 is 89.0 Å². The van der Waals surface area contributed by atoms with Crippen LogP contribution in [0.1, 0.15) is 59.1 Å². The second-order valence-corrected chi connectivity index (χ2v) is 18.1. The lowest BCUT2D eigenvalue weighted by molar-refractivity contribution is -0.385. The molecule has 0 aromatic heterocycles. The van der Waals surface area contributed by atoms with Crippen LogP contribution in [-0.2, 0) is 44.1 Å². The number of esters is 2. The Morgan fingerprint density at radius 1 is 0.444 bits per heavy atom. The zero-order valence-corrected chi connectivity index (χ0v) is 42.3. The van der Waals surface area contributed by atoms with Crippen LogP contribution in [0.15, 0.2) is 158 Å². The Labute approximate surface area is 455 Å². The average Bonchev–Trinajstić information content (AvgIpc) is 3.54. The number of halogens is 10. The number of nitrogens with zero attached hydrogens (tertiary/aromatic N) is 2. The highest BCUT2D eigenvalue weighted by Gasteiger charge is 2.37. The molecule has 0 atom stereocenters. The number of nitro benzene ring substituents is 2. The normalized spacial score (nSPS) is 12.3. The number of ether oxygens (including phenoxy) is 6. The van der Waals surface area contributed by atoms with E-state index >= 15 is 17.6 Å². The Morgan fingerprint density at radius 2 is 0.765 bits per heavy atom. The van der Waals surface area contributed by atoms with Crippen molar-refractivity contribution in [2.75, 3.05) is 26.4 Å². The molecule has 0 saturated carbocycles. The zero-order chi connectivity index (χ0) is 58.9. The van der Waals surface area contributed by atoms with Gasteiger partial charge < -0.3 is 28.4 Å². The van der Waals surface area contributed by atoms with Gasteiger partial charge in [-0.25, -0.2) is 9.59 Å². The topological polar surface area (TPSA) is 176 Å². The Kier molecular flexibility index (Phi) is 20.6. The number of hydrogen-bond donors (Lipinski definition) is 0. The fourth-order valence-electron chi connectivity index (χ4n) is 7.64. The molecule has 0 unspecified atom stereocenters. The minimum Gasteiger partial charge on any atom is -0.494 e. The van der Waals surface area contributed by atoms with Gasteiger partial charge in [0.2, 0.25) is 0 Å². The first-order valence-electron chi connectivity index (χ1n) is 24.3. The van der Waals surface area contributed by atoms with Crippen molar-refractivity contribution in [3.05, 3.63) is 211 Å². The standard InChI is InChI=1S/C57H48F10N2O12/c58-54(59,60)31-1-33-76-47-21-25-49(26-22-47)80-56(64,65)43-13-3-39(4-14-43)11-29-51(70)78-37-53(35-41-7-17-45(18-8-41)68(72)73,36-42-9-19-46(20-10-42)69(74)75)38-79-52(71)30-12-40-5-15-44(16-6-40)57(66,67)81-50-27-23-48(24-28-50)77-34-2-32-55(61,62)63/h3-30H,1-2,31-38H2. The molecule has 0 aliphatic rings. The van der Waals surface area contributed by atoms with Crippen molar-refractivity contribution in [3.63, 3.8) is 0 Å². The fourth-order valence-corrected chi connectivity index (χ4v) is 7.64. The van der Waals surface area contributed by atoms with E-state index in [-0.39, 0.29) is 84.4 Å². The van der Waals surface area contributed by atoms with Gasteiger partial charge >= 0.3 is 36.5 Å². The molecule has 24 heteroatoms. The SMILES string of the molecule is O=C(C=Cc1ccc(C(F)(F)Oc2ccc(OCCCC(F)(F)F)cc2)cc1)OCC(COC(=O)C=Cc1ccc(C(F)(F)Oc2ccc(OCCCC(F)(F)F)cc2)cc1)(Cc1ccc([N+](=O)[O-])cc1)Cc1ccc([N+](=O)[O-])cc1. The van der Waals surface area contributed by atoms with Gasteiger partial charge in [-0.05, 0) is 133 Å². The van der Waals surface area contributed by atoms with Crippen molar-refractivity contribution >= 4 is 35.5 Å². The molecular formula is C57H48F10N2O12. The number of nitro groups is 2. The zero-order valence-electron chi connectivity index (χ0n) is 42.3. The van der Waals surface area contributed by atoms with Crippen molar-refractivity contribution in [1.29, 1.82) is 0 Å². The Bertz CT molecular complexity index is 2890. The summed E-state index contributed by atoms with van der Waals surface area (Å²) in [5.74, 6) is -2.17. The molecule has 0 spiro atoms. The molecule has 0 radical (unpaired) electrons. The predicted octanol–water partition coefficient (Wildman–Crippen LogP) is 14.5. The van der Waals surface area contributed by atoms with Gasteiger partial charge in [0, 0.05) is 54.7 Å². The van der Waals surface area contributed by atoms with E-state index in [0.717, 1.165) is 60.7 Å². The van der Waals surface area contributed by atoms with Gasteiger partial charge in [-0.15, -0.1) is 0 Å². The Morgan fingerprint density at radius 3 is 1.07 bits per heavy atom. The molecule has 0 N–H and O–H groups in total. The molecule has 0 amide bonds. The summed E-state index contributed by atoms with van der Waals surface area (Å²) in [4.78, 5) is 48.4. The summed E-state index contributed by atoms with van der Waals surface area (Å²) >= 11 is 0.